The topological polar surface area (TPSA) is 105 Å². The Morgan fingerprint density at radius 1 is 1.17 bits per heavy atom. The van der Waals surface area contributed by atoms with Crippen LogP contribution in [-0.4, -0.2) is 44.7 Å². The van der Waals surface area contributed by atoms with Crippen LogP contribution in [0.1, 0.15) is 17.0 Å². The van der Waals surface area contributed by atoms with Gasteiger partial charge in [0.25, 0.3) is 0 Å². The molecule has 8 nitrogen and oxygen atoms in total. The first-order valence-electron chi connectivity index (χ1n) is 6.77. The highest BCUT2D eigenvalue weighted by Gasteiger charge is 2.41. The van der Waals surface area contributed by atoms with Crippen molar-refractivity contribution in [2.24, 2.45) is 5.92 Å². The number of methoxy groups -OCH3 is 3. The van der Waals surface area contributed by atoms with Gasteiger partial charge in [0.2, 0.25) is 6.54 Å². The van der Waals surface area contributed by atoms with Crippen molar-refractivity contribution < 1.29 is 28.7 Å². The monoisotopic (exact) mass is 325 g/mol. The molecule has 0 spiro atoms. The predicted molar refractivity (Wildman–Crippen MR) is 79.9 cm³/mol. The summed E-state index contributed by atoms with van der Waals surface area (Å²) < 4.78 is 14.3. The fraction of sp³-hybridized carbons (Fsp3) is 0.467. The van der Waals surface area contributed by atoms with Crippen molar-refractivity contribution in [1.82, 2.24) is 0 Å². The van der Waals surface area contributed by atoms with Crippen LogP contribution < -0.4 is 4.74 Å². The summed E-state index contributed by atoms with van der Waals surface area (Å²) in [6.07, 6.45) is 0. The van der Waals surface area contributed by atoms with E-state index in [0.29, 0.717) is 16.9 Å². The van der Waals surface area contributed by atoms with E-state index in [2.05, 4.69) is 9.47 Å². The van der Waals surface area contributed by atoms with Gasteiger partial charge in [-0.25, -0.2) is 0 Å². The van der Waals surface area contributed by atoms with Gasteiger partial charge in [-0.2, -0.15) is 0 Å². The summed E-state index contributed by atoms with van der Waals surface area (Å²) in [6.45, 7) is 1.11. The van der Waals surface area contributed by atoms with Crippen molar-refractivity contribution in [2.45, 2.75) is 12.8 Å². The van der Waals surface area contributed by atoms with Gasteiger partial charge in [0.15, 0.2) is 5.92 Å². The summed E-state index contributed by atoms with van der Waals surface area (Å²) in [4.78, 5) is 34.4. The molecular formula is C15H19NO7. The number of nitro groups is 1. The molecule has 0 aliphatic heterocycles. The number of rotatable bonds is 7. The molecule has 0 aliphatic rings. The third kappa shape index (κ3) is 4.41. The van der Waals surface area contributed by atoms with Crippen molar-refractivity contribution in [1.29, 1.82) is 0 Å². The molecule has 0 heterocycles. The molecule has 0 fully saturated rings. The second-order valence-electron chi connectivity index (χ2n) is 4.87. The molecule has 126 valence electrons. The maximum Gasteiger partial charge on any atom is 0.320 e. The fourth-order valence-corrected chi connectivity index (χ4v) is 2.41. The lowest BCUT2D eigenvalue weighted by Gasteiger charge is -2.22. The average molecular weight is 325 g/mol. The molecular weight excluding hydrogens is 306 g/mol. The maximum atomic E-state index is 12.0. The zero-order chi connectivity index (χ0) is 17.6. The smallest absolute Gasteiger partial charge is 0.320 e. The normalized spacial score (nSPS) is 11.7. The zero-order valence-corrected chi connectivity index (χ0v) is 13.4. The second-order valence-corrected chi connectivity index (χ2v) is 4.87. The van der Waals surface area contributed by atoms with Crippen molar-refractivity contribution >= 4 is 11.9 Å². The van der Waals surface area contributed by atoms with Crippen molar-refractivity contribution in [2.75, 3.05) is 27.9 Å². The molecule has 0 radical (unpaired) electrons. The Morgan fingerprint density at radius 3 is 2.13 bits per heavy atom. The minimum absolute atomic E-state index is 0.489. The number of carbonyl (C=O) groups excluding carboxylic acids is 2. The van der Waals surface area contributed by atoms with E-state index in [0.717, 1.165) is 14.2 Å². The number of ether oxygens (including phenoxy) is 3. The molecule has 0 amide bonds. The quantitative estimate of drug-likeness (QED) is 0.322. The van der Waals surface area contributed by atoms with Gasteiger partial charge >= 0.3 is 11.9 Å². The molecule has 1 aromatic rings. The van der Waals surface area contributed by atoms with Crippen molar-refractivity contribution in [3.8, 4) is 5.75 Å². The van der Waals surface area contributed by atoms with E-state index in [9.17, 15) is 19.7 Å². The number of hydrogen-bond donors (Lipinski definition) is 0. The van der Waals surface area contributed by atoms with Crippen LogP contribution in [0.3, 0.4) is 0 Å². The number of aryl methyl sites for hydroxylation is 1. The predicted octanol–water partition coefficient (Wildman–Crippen LogP) is 1.33. The first-order valence-corrected chi connectivity index (χ1v) is 6.77. The van der Waals surface area contributed by atoms with Gasteiger partial charge in [-0.3, -0.25) is 19.7 Å². The summed E-state index contributed by atoms with van der Waals surface area (Å²) in [7, 11) is 3.72. The zero-order valence-electron chi connectivity index (χ0n) is 13.4. The summed E-state index contributed by atoms with van der Waals surface area (Å²) in [6, 6.07) is 4.88. The van der Waals surface area contributed by atoms with Crippen LogP contribution in [0, 0.1) is 23.0 Å². The Hall–Kier alpha value is -2.64. The first kappa shape index (κ1) is 18.4. The molecule has 0 saturated heterocycles. The number of esters is 2. The Bertz CT molecular complexity index is 583. The highest BCUT2D eigenvalue weighted by atomic mass is 16.6. The average Bonchev–Trinajstić information content (AvgIpc) is 2.53. The Kier molecular flexibility index (Phi) is 6.49. The Balaban J connectivity index is 3.39. The molecule has 8 heteroatoms. The van der Waals surface area contributed by atoms with Gasteiger partial charge in [0.05, 0.1) is 27.2 Å². The van der Waals surface area contributed by atoms with Crippen LogP contribution in [-0.2, 0) is 19.1 Å². The first-order chi connectivity index (χ1) is 10.8. The van der Waals surface area contributed by atoms with Gasteiger partial charge in [-0.15, -0.1) is 0 Å². The minimum Gasteiger partial charge on any atom is -0.497 e. The van der Waals surface area contributed by atoms with Crippen LogP contribution in [0.5, 0.6) is 5.75 Å². The molecule has 1 rings (SSSR count). The van der Waals surface area contributed by atoms with Crippen molar-refractivity contribution in [3.05, 3.63) is 39.4 Å². The summed E-state index contributed by atoms with van der Waals surface area (Å²) in [5.41, 5.74) is 1.15. The van der Waals surface area contributed by atoms with Gasteiger partial charge in [0, 0.05) is 4.92 Å². The van der Waals surface area contributed by atoms with Crippen LogP contribution in [0.25, 0.3) is 0 Å². The lowest BCUT2D eigenvalue weighted by molar-refractivity contribution is -0.484. The standard InChI is InChI=1S/C15H19NO7/c1-9-7-10(21-2)5-6-11(9)12(8-16(19)20)13(14(17)22-3)15(18)23-4/h5-7,12-13H,8H2,1-4H3. The third-order valence-corrected chi connectivity index (χ3v) is 3.53. The molecule has 0 N–H and O–H groups in total. The van der Waals surface area contributed by atoms with E-state index in [1.54, 1.807) is 25.1 Å². The number of hydrogen-bond acceptors (Lipinski definition) is 7. The summed E-state index contributed by atoms with van der Waals surface area (Å²) >= 11 is 0. The van der Waals surface area contributed by atoms with Crippen LogP contribution in [0.2, 0.25) is 0 Å². The van der Waals surface area contributed by atoms with E-state index >= 15 is 0 Å². The van der Waals surface area contributed by atoms with Crippen LogP contribution in [0.4, 0.5) is 0 Å². The van der Waals surface area contributed by atoms with E-state index in [-0.39, 0.29) is 0 Å². The summed E-state index contributed by atoms with van der Waals surface area (Å²) in [5.74, 6) is -3.60. The van der Waals surface area contributed by atoms with E-state index in [1.165, 1.54) is 7.11 Å². The molecule has 0 aromatic heterocycles. The van der Waals surface area contributed by atoms with Gasteiger partial charge < -0.3 is 14.2 Å². The molecule has 23 heavy (non-hydrogen) atoms. The van der Waals surface area contributed by atoms with Gasteiger partial charge in [-0.1, -0.05) is 6.07 Å². The molecule has 1 unspecified atom stereocenters. The molecule has 0 bridgehead atoms. The lowest BCUT2D eigenvalue weighted by atomic mass is 9.83. The Morgan fingerprint density at radius 2 is 1.74 bits per heavy atom. The highest BCUT2D eigenvalue weighted by Crippen LogP contribution is 2.31. The van der Waals surface area contributed by atoms with Crippen LogP contribution >= 0.6 is 0 Å². The van der Waals surface area contributed by atoms with E-state index in [4.69, 9.17) is 4.74 Å². The minimum atomic E-state index is -1.41. The van der Waals surface area contributed by atoms with Crippen molar-refractivity contribution in [3.63, 3.8) is 0 Å². The highest BCUT2D eigenvalue weighted by molar-refractivity contribution is 5.96. The summed E-state index contributed by atoms with van der Waals surface area (Å²) in [5, 5.41) is 11.0. The SMILES string of the molecule is COC(=O)C(C(=O)OC)C(C[N+](=O)[O-])c1ccc(OC)cc1C. The molecule has 0 saturated carbocycles. The number of benzene rings is 1. The van der Waals surface area contributed by atoms with Crippen LogP contribution in [0.15, 0.2) is 18.2 Å². The molecule has 0 aliphatic carbocycles. The Labute approximate surface area is 133 Å². The number of nitrogens with zero attached hydrogens (tertiary/aromatic N) is 1. The van der Waals surface area contributed by atoms with Gasteiger partial charge in [-0.05, 0) is 30.2 Å². The third-order valence-electron chi connectivity index (χ3n) is 3.53. The van der Waals surface area contributed by atoms with Gasteiger partial charge in [0.1, 0.15) is 5.75 Å². The molecule has 1 aromatic carbocycles. The lowest BCUT2D eigenvalue weighted by Crippen LogP contribution is -2.35. The maximum absolute atomic E-state index is 12.0. The molecule has 1 atom stereocenters. The second kappa shape index (κ2) is 8.11. The number of carbonyl (C=O) groups is 2. The largest absolute Gasteiger partial charge is 0.497 e. The van der Waals surface area contributed by atoms with E-state index < -0.39 is 35.2 Å². The van der Waals surface area contributed by atoms with E-state index in [1.807, 2.05) is 0 Å². The fourth-order valence-electron chi connectivity index (χ4n) is 2.41.